The van der Waals surface area contributed by atoms with Gasteiger partial charge in [-0.25, -0.2) is 19.9 Å². The van der Waals surface area contributed by atoms with Crippen LogP contribution in [0.15, 0.2) is 30.9 Å². The Kier molecular flexibility index (Phi) is 4.38. The van der Waals surface area contributed by atoms with Crippen LogP contribution in [0.3, 0.4) is 0 Å². The van der Waals surface area contributed by atoms with Gasteiger partial charge in [-0.3, -0.25) is 14.0 Å². The molecule has 1 unspecified atom stereocenters. The first kappa shape index (κ1) is 17.8. The number of rotatable bonds is 3. The van der Waals surface area contributed by atoms with Gasteiger partial charge in [0.25, 0.3) is 5.91 Å². The lowest BCUT2D eigenvalue weighted by Gasteiger charge is -2.40. The van der Waals surface area contributed by atoms with Crippen LogP contribution in [0.1, 0.15) is 24.3 Å². The molecule has 10 nitrogen and oxygen atoms in total. The molecule has 2 N–H and O–H groups in total. The molecule has 1 aliphatic rings. The second kappa shape index (κ2) is 6.87. The second-order valence-corrected chi connectivity index (χ2v) is 6.75. The van der Waals surface area contributed by atoms with Gasteiger partial charge in [0.15, 0.2) is 11.5 Å². The topological polar surface area (TPSA) is 123 Å². The van der Waals surface area contributed by atoms with Crippen LogP contribution in [0.25, 0.3) is 17.2 Å². The molecule has 3 aromatic rings. The van der Waals surface area contributed by atoms with Crippen LogP contribution >= 0.6 is 0 Å². The Morgan fingerprint density at radius 1 is 1.18 bits per heavy atom. The number of hydrogen-bond acceptors (Lipinski definition) is 7. The minimum atomic E-state index is -0.617. The van der Waals surface area contributed by atoms with Crippen molar-refractivity contribution in [2.45, 2.75) is 19.9 Å². The van der Waals surface area contributed by atoms with E-state index < -0.39 is 5.91 Å². The highest BCUT2D eigenvalue weighted by Gasteiger charge is 2.26. The molecule has 4 heterocycles. The van der Waals surface area contributed by atoms with E-state index in [-0.39, 0.29) is 17.6 Å². The van der Waals surface area contributed by atoms with Crippen LogP contribution in [0.5, 0.6) is 0 Å². The highest BCUT2D eigenvalue weighted by molar-refractivity contribution is 5.90. The normalized spacial score (nSPS) is 17.1. The van der Waals surface area contributed by atoms with Crippen molar-refractivity contribution in [2.75, 3.05) is 24.5 Å². The molecule has 3 aromatic heterocycles. The van der Waals surface area contributed by atoms with Gasteiger partial charge < -0.3 is 15.5 Å². The molecule has 0 aliphatic carbocycles. The minimum Gasteiger partial charge on any atom is -0.364 e. The number of amides is 2. The molecular weight excluding hydrogens is 360 g/mol. The maximum Gasteiger partial charge on any atom is 0.268 e. The number of primary amides is 1. The first-order valence-electron chi connectivity index (χ1n) is 8.92. The number of nitrogens with zero attached hydrogens (tertiary/aromatic N) is 7. The standard InChI is InChI=1S/C18H20N8O2/c1-11-9-24(12(2)27)5-6-25(11)15-3-4-20-18(23-15)14-7-22-16-8-21-13(17(19)28)10-26(14)16/h3-4,7-8,10-11H,5-6,9H2,1-2H3,(H2,19,28). The van der Waals surface area contributed by atoms with Crippen molar-refractivity contribution >= 4 is 23.3 Å². The Labute approximate surface area is 161 Å². The molecule has 10 heteroatoms. The van der Waals surface area contributed by atoms with Gasteiger partial charge in [0.05, 0.1) is 12.4 Å². The Morgan fingerprint density at radius 2 is 2.00 bits per heavy atom. The third kappa shape index (κ3) is 3.13. The number of imidazole rings is 1. The van der Waals surface area contributed by atoms with Crippen molar-refractivity contribution < 1.29 is 9.59 Å². The van der Waals surface area contributed by atoms with Crippen molar-refractivity contribution in [3.63, 3.8) is 0 Å². The summed E-state index contributed by atoms with van der Waals surface area (Å²) >= 11 is 0. The number of piperazine rings is 1. The summed E-state index contributed by atoms with van der Waals surface area (Å²) in [7, 11) is 0. The molecule has 0 bridgehead atoms. The molecule has 1 aliphatic heterocycles. The molecule has 4 rings (SSSR count). The first-order chi connectivity index (χ1) is 13.4. The van der Waals surface area contributed by atoms with E-state index in [4.69, 9.17) is 10.7 Å². The maximum absolute atomic E-state index is 11.6. The zero-order valence-corrected chi connectivity index (χ0v) is 15.6. The van der Waals surface area contributed by atoms with Gasteiger partial charge in [0.1, 0.15) is 17.2 Å². The van der Waals surface area contributed by atoms with E-state index in [1.165, 1.54) is 12.4 Å². The van der Waals surface area contributed by atoms with E-state index >= 15 is 0 Å². The monoisotopic (exact) mass is 380 g/mol. The maximum atomic E-state index is 11.6. The van der Waals surface area contributed by atoms with Gasteiger partial charge >= 0.3 is 0 Å². The average molecular weight is 380 g/mol. The van der Waals surface area contributed by atoms with Gasteiger partial charge in [-0.15, -0.1) is 0 Å². The molecule has 28 heavy (non-hydrogen) atoms. The number of carbonyl (C=O) groups is 2. The van der Waals surface area contributed by atoms with Crippen molar-refractivity contribution in [3.8, 4) is 11.5 Å². The van der Waals surface area contributed by atoms with Crippen molar-refractivity contribution in [2.24, 2.45) is 5.73 Å². The number of carbonyl (C=O) groups excluding carboxylic acids is 2. The Bertz CT molecular complexity index is 1060. The quantitative estimate of drug-likeness (QED) is 0.695. The van der Waals surface area contributed by atoms with Crippen LogP contribution in [0.4, 0.5) is 5.82 Å². The van der Waals surface area contributed by atoms with E-state index in [0.29, 0.717) is 36.8 Å². The molecular formula is C18H20N8O2. The van der Waals surface area contributed by atoms with Crippen molar-refractivity contribution in [3.05, 3.63) is 36.5 Å². The third-order valence-electron chi connectivity index (χ3n) is 4.89. The van der Waals surface area contributed by atoms with E-state index in [1.54, 1.807) is 23.7 Å². The fourth-order valence-corrected chi connectivity index (χ4v) is 3.40. The van der Waals surface area contributed by atoms with Gasteiger partial charge in [-0.05, 0) is 13.0 Å². The molecule has 0 aromatic carbocycles. The van der Waals surface area contributed by atoms with Crippen LogP contribution < -0.4 is 10.6 Å². The van der Waals surface area contributed by atoms with E-state index in [9.17, 15) is 9.59 Å². The molecule has 144 valence electrons. The lowest BCUT2D eigenvalue weighted by Crippen LogP contribution is -2.53. The molecule has 0 spiro atoms. The van der Waals surface area contributed by atoms with E-state index in [0.717, 1.165) is 5.82 Å². The molecule has 1 saturated heterocycles. The average Bonchev–Trinajstić information content (AvgIpc) is 3.11. The zero-order valence-electron chi connectivity index (χ0n) is 15.6. The predicted molar refractivity (Wildman–Crippen MR) is 102 cm³/mol. The SMILES string of the molecule is CC(=O)N1CCN(c2ccnc(-c3cnc4cnc(C(N)=O)cn34)n2)C(C)C1. The van der Waals surface area contributed by atoms with Gasteiger partial charge in [-0.1, -0.05) is 0 Å². The van der Waals surface area contributed by atoms with Gasteiger partial charge in [-0.2, -0.15) is 0 Å². The number of hydrogen-bond donors (Lipinski definition) is 1. The summed E-state index contributed by atoms with van der Waals surface area (Å²) in [5.41, 5.74) is 6.67. The third-order valence-corrected chi connectivity index (χ3v) is 4.89. The van der Waals surface area contributed by atoms with Crippen molar-refractivity contribution in [1.29, 1.82) is 0 Å². The predicted octanol–water partition coefficient (Wildman–Crippen LogP) is 0.342. The summed E-state index contributed by atoms with van der Waals surface area (Å²) in [6.07, 6.45) is 6.34. The molecule has 1 atom stereocenters. The highest BCUT2D eigenvalue weighted by Crippen LogP contribution is 2.22. The lowest BCUT2D eigenvalue weighted by atomic mass is 10.2. The Balaban J connectivity index is 1.68. The van der Waals surface area contributed by atoms with E-state index in [2.05, 4.69) is 26.8 Å². The first-order valence-corrected chi connectivity index (χ1v) is 8.92. The summed E-state index contributed by atoms with van der Waals surface area (Å²) in [6, 6.07) is 1.98. The Hall–Kier alpha value is -3.56. The van der Waals surface area contributed by atoms with Crippen LogP contribution in [0.2, 0.25) is 0 Å². The number of nitrogens with two attached hydrogens (primary N) is 1. The number of fused-ring (bicyclic) bond motifs is 1. The van der Waals surface area contributed by atoms with Gasteiger partial charge in [0, 0.05) is 45.0 Å². The fourth-order valence-electron chi connectivity index (χ4n) is 3.40. The minimum absolute atomic E-state index is 0.0828. The highest BCUT2D eigenvalue weighted by atomic mass is 16.2. The summed E-state index contributed by atoms with van der Waals surface area (Å²) in [6.45, 7) is 5.65. The van der Waals surface area contributed by atoms with Crippen LogP contribution in [-0.2, 0) is 4.79 Å². The molecule has 2 amide bonds. The molecule has 0 radical (unpaired) electrons. The van der Waals surface area contributed by atoms with Crippen molar-refractivity contribution in [1.82, 2.24) is 29.2 Å². The van der Waals surface area contributed by atoms with Crippen LogP contribution in [0, 0.1) is 0 Å². The lowest BCUT2D eigenvalue weighted by molar-refractivity contribution is -0.129. The van der Waals surface area contributed by atoms with E-state index in [1.807, 2.05) is 11.0 Å². The van der Waals surface area contributed by atoms with Crippen LogP contribution in [-0.4, -0.2) is 66.7 Å². The second-order valence-electron chi connectivity index (χ2n) is 6.75. The summed E-state index contributed by atoms with van der Waals surface area (Å²) in [5, 5.41) is 0. The Morgan fingerprint density at radius 3 is 2.71 bits per heavy atom. The number of aromatic nitrogens is 5. The smallest absolute Gasteiger partial charge is 0.268 e. The largest absolute Gasteiger partial charge is 0.364 e. The molecule has 1 fully saturated rings. The molecule has 0 saturated carbocycles. The summed E-state index contributed by atoms with van der Waals surface area (Å²) < 4.78 is 1.70. The summed E-state index contributed by atoms with van der Waals surface area (Å²) in [5.74, 6) is 0.723. The van der Waals surface area contributed by atoms with Gasteiger partial charge in [0.2, 0.25) is 5.91 Å². The number of anilines is 1. The zero-order chi connectivity index (χ0) is 19.8. The summed E-state index contributed by atoms with van der Waals surface area (Å²) in [4.78, 5) is 44.4. The fraction of sp³-hybridized carbons (Fsp3) is 0.333.